The molecule has 4 heteroatoms. The highest BCUT2D eigenvalue weighted by molar-refractivity contribution is 6.99. The van der Waals surface area contributed by atoms with Crippen LogP contribution < -0.4 is 10.4 Å². The van der Waals surface area contributed by atoms with Crippen LogP contribution in [0.5, 0.6) is 0 Å². The molecule has 0 heterocycles. The van der Waals surface area contributed by atoms with Gasteiger partial charge in [-0.3, -0.25) is 0 Å². The fourth-order valence-corrected chi connectivity index (χ4v) is 10.3. The van der Waals surface area contributed by atoms with Crippen molar-refractivity contribution >= 4 is 18.7 Å². The molecule has 1 aliphatic rings. The molecule has 30 heavy (non-hydrogen) atoms. The maximum absolute atomic E-state index is 10.7. The van der Waals surface area contributed by atoms with Gasteiger partial charge in [-0.05, 0) is 45.5 Å². The predicted molar refractivity (Wildman–Crippen MR) is 127 cm³/mol. The molecule has 2 aromatic rings. The van der Waals surface area contributed by atoms with E-state index in [9.17, 15) is 10.2 Å². The summed E-state index contributed by atoms with van der Waals surface area (Å²) in [7, 11) is -2.58. The Morgan fingerprint density at radius 2 is 1.50 bits per heavy atom. The van der Waals surface area contributed by atoms with Gasteiger partial charge in [0.15, 0.2) is 0 Å². The van der Waals surface area contributed by atoms with E-state index in [1.54, 1.807) is 0 Å². The van der Waals surface area contributed by atoms with Gasteiger partial charge in [0, 0.05) is 13.2 Å². The van der Waals surface area contributed by atoms with Crippen molar-refractivity contribution < 1.29 is 14.6 Å². The average Bonchev–Trinajstić information content (AvgIpc) is 3.01. The van der Waals surface area contributed by atoms with Crippen LogP contribution in [-0.4, -0.2) is 37.8 Å². The lowest BCUT2D eigenvalue weighted by molar-refractivity contribution is 0.0430. The van der Waals surface area contributed by atoms with Crippen LogP contribution >= 0.6 is 0 Å². The normalized spacial score (nSPS) is 26.0. The summed E-state index contributed by atoms with van der Waals surface area (Å²) < 4.78 is 7.06. The molecule has 0 unspecified atom stereocenters. The van der Waals surface area contributed by atoms with E-state index >= 15 is 0 Å². The van der Waals surface area contributed by atoms with Crippen LogP contribution in [-0.2, 0) is 4.43 Å². The van der Waals surface area contributed by atoms with Crippen LogP contribution in [0.1, 0.15) is 41.0 Å². The predicted octanol–water partition coefficient (Wildman–Crippen LogP) is 3.82. The first-order valence-corrected chi connectivity index (χ1v) is 13.2. The Labute approximate surface area is 183 Å². The number of rotatable bonds is 7. The van der Waals surface area contributed by atoms with Crippen molar-refractivity contribution in [2.24, 2.45) is 23.7 Å². The van der Waals surface area contributed by atoms with Gasteiger partial charge in [-0.15, -0.1) is 0 Å². The van der Waals surface area contributed by atoms with E-state index in [1.165, 1.54) is 10.4 Å². The van der Waals surface area contributed by atoms with E-state index in [4.69, 9.17) is 4.43 Å². The van der Waals surface area contributed by atoms with Crippen LogP contribution in [0.15, 0.2) is 60.7 Å². The Morgan fingerprint density at radius 3 is 1.93 bits per heavy atom. The third-order valence-corrected chi connectivity index (χ3v) is 12.1. The van der Waals surface area contributed by atoms with Crippen LogP contribution in [0.2, 0.25) is 5.04 Å². The van der Waals surface area contributed by atoms with E-state index in [0.29, 0.717) is 12.5 Å². The topological polar surface area (TPSA) is 49.7 Å². The van der Waals surface area contributed by atoms with Gasteiger partial charge in [0.05, 0.1) is 6.10 Å². The van der Waals surface area contributed by atoms with Gasteiger partial charge in [-0.25, -0.2) is 0 Å². The molecule has 1 saturated carbocycles. The lowest BCUT2D eigenvalue weighted by Gasteiger charge is -2.44. The third kappa shape index (κ3) is 4.29. The standard InChI is InChI=1S/C26H38O3Si/c1-19-16-24(28)25(23(19)17-27)20(2)18-29-30(26(3,4)5,21-12-8-6-9-13-21)22-14-10-7-11-15-22/h6-15,19-20,23-25,27-28H,16-18H2,1-5H3/t19-,20-,23+,24-,25-/m0/s1. The fourth-order valence-electron chi connectivity index (χ4n) is 5.61. The molecule has 0 radical (unpaired) electrons. The highest BCUT2D eigenvalue weighted by atomic mass is 28.4. The molecule has 1 aliphatic carbocycles. The third-order valence-electron chi connectivity index (χ3n) is 7.13. The molecular weight excluding hydrogens is 388 g/mol. The van der Waals surface area contributed by atoms with E-state index in [0.717, 1.165) is 6.42 Å². The molecular formula is C26H38O3Si. The number of hydrogen-bond donors (Lipinski definition) is 2. The lowest BCUT2D eigenvalue weighted by Crippen LogP contribution is -2.67. The van der Waals surface area contributed by atoms with E-state index < -0.39 is 8.32 Å². The minimum absolute atomic E-state index is 0.0621. The van der Waals surface area contributed by atoms with Crippen LogP contribution in [0.25, 0.3) is 0 Å². The molecule has 0 aromatic heterocycles. The van der Waals surface area contributed by atoms with Gasteiger partial charge in [0.25, 0.3) is 8.32 Å². The number of hydrogen-bond acceptors (Lipinski definition) is 3. The highest BCUT2D eigenvalue weighted by Crippen LogP contribution is 2.42. The Balaban J connectivity index is 1.98. The Morgan fingerprint density at radius 1 is 1.00 bits per heavy atom. The Kier molecular flexibility index (Phi) is 7.23. The van der Waals surface area contributed by atoms with Crippen molar-refractivity contribution in [1.82, 2.24) is 0 Å². The molecule has 3 rings (SSSR count). The molecule has 0 bridgehead atoms. The second kappa shape index (κ2) is 9.35. The van der Waals surface area contributed by atoms with Gasteiger partial charge in [0.1, 0.15) is 0 Å². The van der Waals surface area contributed by atoms with E-state index in [-0.39, 0.29) is 35.5 Å². The van der Waals surface area contributed by atoms with Crippen molar-refractivity contribution in [3.8, 4) is 0 Å². The van der Waals surface area contributed by atoms with Gasteiger partial charge < -0.3 is 14.6 Å². The fraction of sp³-hybridized carbons (Fsp3) is 0.538. The molecule has 2 N–H and O–H groups in total. The zero-order valence-electron chi connectivity index (χ0n) is 19.1. The molecule has 2 aromatic carbocycles. The van der Waals surface area contributed by atoms with Crippen LogP contribution in [0, 0.1) is 23.7 Å². The zero-order chi connectivity index (χ0) is 21.9. The summed E-state index contributed by atoms with van der Waals surface area (Å²) in [5.74, 6) is 0.718. The number of benzene rings is 2. The molecule has 0 saturated heterocycles. The van der Waals surface area contributed by atoms with E-state index in [2.05, 4.69) is 95.3 Å². The molecule has 0 amide bonds. The first-order valence-electron chi connectivity index (χ1n) is 11.3. The SMILES string of the molecule is C[C@H]1C[C@H](O)[C@@H]([C@@H](C)CO[Si](c2ccccc2)(c2ccccc2)C(C)(C)C)[C@@H]1CO. The maximum atomic E-state index is 10.7. The summed E-state index contributed by atoms with van der Waals surface area (Å²) >= 11 is 0. The summed E-state index contributed by atoms with van der Waals surface area (Å²) in [4.78, 5) is 0. The van der Waals surface area contributed by atoms with Crippen molar-refractivity contribution in [1.29, 1.82) is 0 Å². The molecule has 1 fully saturated rings. The summed E-state index contributed by atoms with van der Waals surface area (Å²) in [6, 6.07) is 21.3. The van der Waals surface area contributed by atoms with E-state index in [1.807, 2.05) is 0 Å². The summed E-state index contributed by atoms with van der Waals surface area (Å²) in [6.45, 7) is 11.9. The Hall–Kier alpha value is -1.46. The largest absolute Gasteiger partial charge is 0.407 e. The number of aliphatic hydroxyl groups is 2. The monoisotopic (exact) mass is 426 g/mol. The first-order chi connectivity index (χ1) is 14.2. The Bertz CT molecular complexity index is 747. The minimum atomic E-state index is -2.58. The van der Waals surface area contributed by atoms with Crippen LogP contribution in [0.4, 0.5) is 0 Å². The summed E-state index contributed by atoms with van der Waals surface area (Å²) in [6.07, 6.45) is 0.398. The second-order valence-corrected chi connectivity index (χ2v) is 14.5. The summed E-state index contributed by atoms with van der Waals surface area (Å²) in [5, 5.41) is 23.1. The number of aliphatic hydroxyl groups excluding tert-OH is 2. The molecule has 164 valence electrons. The maximum Gasteiger partial charge on any atom is 0.261 e. The highest BCUT2D eigenvalue weighted by Gasteiger charge is 2.51. The van der Waals surface area contributed by atoms with Crippen LogP contribution in [0.3, 0.4) is 0 Å². The quantitative estimate of drug-likeness (QED) is 0.662. The van der Waals surface area contributed by atoms with Crippen molar-refractivity contribution in [3.63, 3.8) is 0 Å². The molecule has 0 aliphatic heterocycles. The van der Waals surface area contributed by atoms with Gasteiger partial charge >= 0.3 is 0 Å². The summed E-state index contributed by atoms with van der Waals surface area (Å²) in [5.41, 5.74) is 0. The van der Waals surface area contributed by atoms with Gasteiger partial charge in [-0.2, -0.15) is 0 Å². The van der Waals surface area contributed by atoms with Crippen molar-refractivity contribution in [2.45, 2.75) is 52.2 Å². The molecule has 3 nitrogen and oxygen atoms in total. The molecule has 0 spiro atoms. The second-order valence-electron chi connectivity index (χ2n) is 10.2. The smallest absolute Gasteiger partial charge is 0.261 e. The van der Waals surface area contributed by atoms with Crippen molar-refractivity contribution in [3.05, 3.63) is 60.7 Å². The minimum Gasteiger partial charge on any atom is -0.407 e. The lowest BCUT2D eigenvalue weighted by atomic mass is 9.82. The van der Waals surface area contributed by atoms with Gasteiger partial charge in [0.2, 0.25) is 0 Å². The zero-order valence-corrected chi connectivity index (χ0v) is 20.1. The van der Waals surface area contributed by atoms with Gasteiger partial charge in [-0.1, -0.05) is 95.3 Å². The first kappa shape index (κ1) is 23.2. The average molecular weight is 427 g/mol. The van der Waals surface area contributed by atoms with Crippen molar-refractivity contribution in [2.75, 3.05) is 13.2 Å². The molecule has 5 atom stereocenters.